The summed E-state index contributed by atoms with van der Waals surface area (Å²) in [5.74, 6) is -3.21. The van der Waals surface area contributed by atoms with Crippen LogP contribution >= 0.6 is 0 Å². The van der Waals surface area contributed by atoms with Crippen LogP contribution in [0.3, 0.4) is 0 Å². The van der Waals surface area contributed by atoms with E-state index < -0.39 is 90.7 Å². The molecule has 2 aliphatic heterocycles. The average Bonchev–Trinajstić information content (AvgIpc) is 3.95. The van der Waals surface area contributed by atoms with Crippen LogP contribution in [-0.4, -0.2) is 143 Å². The number of ether oxygens (including phenoxy) is 2. The largest absolute Gasteiger partial charge is 0.394 e. The maximum absolute atomic E-state index is 14.5. The minimum Gasteiger partial charge on any atom is -0.394 e. The number of aryl methyl sites for hydroxylation is 2. The Morgan fingerprint density at radius 2 is 1.15 bits per heavy atom. The summed E-state index contributed by atoms with van der Waals surface area (Å²) in [7, 11) is 0. The van der Waals surface area contributed by atoms with E-state index in [4.69, 9.17) is 20.9 Å². The van der Waals surface area contributed by atoms with Gasteiger partial charge < -0.3 is 62.2 Å². The van der Waals surface area contributed by atoms with Crippen molar-refractivity contribution in [2.45, 2.75) is 140 Å². The number of carbonyl (C=O) groups excluding carboxylic acids is 6. The van der Waals surface area contributed by atoms with Crippen LogP contribution < -0.4 is 32.7 Å². The Morgan fingerprint density at radius 1 is 0.716 bits per heavy atom. The Balaban J connectivity index is 1.15. The topological polar surface area (TPSA) is 268 Å². The van der Waals surface area contributed by atoms with Gasteiger partial charge in [-0.1, -0.05) is 75.9 Å². The second-order valence-electron chi connectivity index (χ2n) is 19.4. The van der Waals surface area contributed by atoms with E-state index in [2.05, 4.69) is 33.9 Å². The van der Waals surface area contributed by atoms with E-state index >= 15 is 0 Å². The monoisotopic (exact) mass is 931 g/mol. The van der Waals surface area contributed by atoms with Gasteiger partial charge in [-0.15, -0.1) is 0 Å². The number of nitrogens with two attached hydrogens (primary N) is 2. The van der Waals surface area contributed by atoms with Crippen LogP contribution in [0.5, 0.6) is 0 Å². The average molecular weight is 931 g/mol. The number of hydrogen-bond donors (Lipinski definition) is 8. The second-order valence-corrected chi connectivity index (χ2v) is 19.4. The minimum absolute atomic E-state index is 0.0158. The van der Waals surface area contributed by atoms with Gasteiger partial charge in [-0.25, -0.2) is 0 Å². The first-order valence-corrected chi connectivity index (χ1v) is 23.5. The third-order valence-corrected chi connectivity index (χ3v) is 13.4. The smallest absolute Gasteiger partial charge is 0.250 e. The van der Waals surface area contributed by atoms with Crippen molar-refractivity contribution in [2.24, 2.45) is 16.9 Å². The number of likely N-dealkylation sites (tertiary alicyclic amines) is 2. The lowest BCUT2D eigenvalue weighted by Gasteiger charge is -2.36. The number of fused-ring (bicyclic) bond motifs is 2. The highest BCUT2D eigenvalue weighted by Gasteiger charge is 2.47. The van der Waals surface area contributed by atoms with Crippen molar-refractivity contribution in [3.05, 3.63) is 82.9 Å². The van der Waals surface area contributed by atoms with Crippen molar-refractivity contribution in [3.8, 4) is 0 Å². The fraction of sp³-hybridized carbons (Fsp3) is 0.592. The molecule has 67 heavy (non-hydrogen) atoms. The summed E-state index contributed by atoms with van der Waals surface area (Å²) in [6, 6.07) is 8.74. The van der Waals surface area contributed by atoms with Crippen LogP contribution in [0, 0.1) is 5.41 Å². The molecule has 18 heteroatoms. The molecule has 6 rings (SSSR count). The molecule has 4 aliphatic rings. The fourth-order valence-corrected chi connectivity index (χ4v) is 9.63. The highest BCUT2D eigenvalue weighted by molar-refractivity contribution is 5.96. The van der Waals surface area contributed by atoms with Gasteiger partial charge in [0.1, 0.15) is 36.3 Å². The van der Waals surface area contributed by atoms with Gasteiger partial charge in [0.25, 0.3) is 0 Å². The first kappa shape index (κ1) is 51.2. The summed E-state index contributed by atoms with van der Waals surface area (Å²) in [4.78, 5) is 85.7. The summed E-state index contributed by atoms with van der Waals surface area (Å²) in [5.41, 5.74) is 15.5. The van der Waals surface area contributed by atoms with Gasteiger partial charge in [0.2, 0.25) is 35.4 Å². The number of nitrogens with one attached hydrogen (secondary N) is 4. The highest BCUT2D eigenvalue weighted by Crippen LogP contribution is 2.33. The summed E-state index contributed by atoms with van der Waals surface area (Å²) >= 11 is 0. The van der Waals surface area contributed by atoms with Gasteiger partial charge in [0.05, 0.1) is 50.7 Å². The first-order valence-electron chi connectivity index (χ1n) is 23.5. The molecule has 2 aliphatic carbocycles. The molecule has 0 aromatic heterocycles. The van der Waals surface area contributed by atoms with Crippen molar-refractivity contribution in [2.75, 3.05) is 39.5 Å². The molecule has 2 saturated heterocycles. The van der Waals surface area contributed by atoms with Crippen LogP contribution in [0.25, 0.3) is 0 Å². The van der Waals surface area contributed by atoms with E-state index in [-0.39, 0.29) is 63.0 Å². The predicted molar refractivity (Wildman–Crippen MR) is 248 cm³/mol. The van der Waals surface area contributed by atoms with Crippen LogP contribution in [-0.2, 0) is 51.1 Å². The fourth-order valence-electron chi connectivity index (χ4n) is 9.63. The Hall–Kier alpha value is -5.24. The summed E-state index contributed by atoms with van der Waals surface area (Å²) in [6.07, 6.45) is 4.17. The maximum atomic E-state index is 14.5. The summed E-state index contributed by atoms with van der Waals surface area (Å²) in [5, 5.41) is 30.7. The maximum Gasteiger partial charge on any atom is 0.250 e. The third kappa shape index (κ3) is 12.5. The quantitative estimate of drug-likeness (QED) is 0.0754. The standard InChI is InChI=1S/C49H70N8O10/c1-28(2)41(54-43(60)35(50)26-58)47(64)56-24-31(22-39(56)45(62)52-37-18-10-14-29-12-6-8-16-33(29)37)66-20-21-67-32-23-40(46(63)53-38-19-11-15-30-13-7-9-17-34(30)38)57(25-32)48(65)42(49(3,4)5)55-44(61)36(51)27-59/h6-9,12-13,16-17,31-32,35-42,58-59H,1,10-11,14-15,18-27,50-51H2,2-5H3,(H,52,62)(H,53,63)(H,54,60)(H,55,61)/t31-,32-,35-,36-,37+,38?,39-,40-,41-,42+/m0/s1. The molecule has 1 unspecified atom stereocenters. The van der Waals surface area contributed by atoms with Crippen molar-refractivity contribution < 1.29 is 48.5 Å². The highest BCUT2D eigenvalue weighted by atomic mass is 16.5. The Bertz CT molecular complexity index is 2130. The molecule has 0 bridgehead atoms. The predicted octanol–water partition coefficient (Wildman–Crippen LogP) is 0.577. The lowest BCUT2D eigenvalue weighted by Crippen LogP contribution is -2.60. The Morgan fingerprint density at radius 3 is 1.58 bits per heavy atom. The SMILES string of the molecule is C=C(C)[C@H](NC(=O)[C@@H](N)CO)C(=O)N1C[C@@H](OCCO[C@H]2C[C@@H](C(=O)NC3CCCc4ccccc43)N(C(=O)[C@@H](NC(=O)[C@@H](N)CO)C(C)(C)C)C2)C[C@H]1C(=O)N[C@@H]1CCCc2ccccc21. The van der Waals surface area contributed by atoms with E-state index in [1.54, 1.807) is 27.7 Å². The normalized spacial score (nSPS) is 24.3. The van der Waals surface area contributed by atoms with E-state index in [0.717, 1.165) is 60.8 Å². The lowest BCUT2D eigenvalue weighted by atomic mass is 9.85. The molecule has 366 valence electrons. The molecule has 2 fully saturated rings. The van der Waals surface area contributed by atoms with Crippen molar-refractivity contribution in [1.29, 1.82) is 0 Å². The number of carbonyl (C=O) groups is 6. The number of rotatable bonds is 18. The van der Waals surface area contributed by atoms with E-state index in [9.17, 15) is 39.0 Å². The van der Waals surface area contributed by atoms with Gasteiger partial charge in [-0.3, -0.25) is 28.8 Å². The van der Waals surface area contributed by atoms with Crippen LogP contribution in [0.2, 0.25) is 0 Å². The summed E-state index contributed by atoms with van der Waals surface area (Å²) in [6.45, 7) is 9.76. The molecule has 6 amide bonds. The van der Waals surface area contributed by atoms with Gasteiger partial charge in [-0.2, -0.15) is 0 Å². The number of aliphatic hydroxyl groups is 2. The van der Waals surface area contributed by atoms with E-state index in [1.165, 1.54) is 9.80 Å². The zero-order chi connectivity index (χ0) is 48.6. The molecule has 0 radical (unpaired) electrons. The van der Waals surface area contributed by atoms with Crippen molar-refractivity contribution in [3.63, 3.8) is 0 Å². The van der Waals surface area contributed by atoms with Gasteiger partial charge in [0.15, 0.2) is 0 Å². The molecule has 10 atom stereocenters. The van der Waals surface area contributed by atoms with Gasteiger partial charge in [-0.05, 0) is 78.7 Å². The van der Waals surface area contributed by atoms with E-state index in [1.807, 2.05) is 42.5 Å². The Labute approximate surface area is 392 Å². The number of aliphatic hydroxyl groups excluding tert-OH is 2. The molecular weight excluding hydrogens is 861 g/mol. The zero-order valence-electron chi connectivity index (χ0n) is 39.2. The molecule has 2 aromatic carbocycles. The van der Waals surface area contributed by atoms with Gasteiger partial charge >= 0.3 is 0 Å². The molecule has 10 N–H and O–H groups in total. The van der Waals surface area contributed by atoms with Crippen LogP contribution in [0.1, 0.15) is 101 Å². The third-order valence-electron chi connectivity index (χ3n) is 13.4. The zero-order valence-corrected chi connectivity index (χ0v) is 39.2. The number of benzene rings is 2. The molecule has 0 spiro atoms. The van der Waals surface area contributed by atoms with Gasteiger partial charge in [0, 0.05) is 25.9 Å². The van der Waals surface area contributed by atoms with E-state index in [0.29, 0.717) is 5.57 Å². The molecule has 2 heterocycles. The molecule has 0 saturated carbocycles. The summed E-state index contributed by atoms with van der Waals surface area (Å²) < 4.78 is 12.6. The molecular formula is C49H70N8O10. The van der Waals surface area contributed by atoms with Crippen LogP contribution in [0.4, 0.5) is 0 Å². The van der Waals surface area contributed by atoms with Crippen molar-refractivity contribution in [1.82, 2.24) is 31.1 Å². The Kier molecular flexibility index (Phi) is 17.3. The number of nitrogens with zero attached hydrogens (tertiary/aromatic N) is 2. The molecule has 18 nitrogen and oxygen atoms in total. The van der Waals surface area contributed by atoms with Crippen LogP contribution in [0.15, 0.2) is 60.7 Å². The number of amides is 6. The minimum atomic E-state index is -1.27. The molecule has 2 aromatic rings. The lowest BCUT2D eigenvalue weighted by molar-refractivity contribution is -0.144. The second kappa shape index (κ2) is 22.7. The van der Waals surface area contributed by atoms with Crippen molar-refractivity contribution >= 4 is 35.4 Å². The first-order chi connectivity index (χ1) is 31.9. The number of hydrogen-bond acceptors (Lipinski definition) is 12.